The highest BCUT2D eigenvalue weighted by Crippen LogP contribution is 2.42. The number of nitrogens with zero attached hydrogens (tertiary/aromatic N) is 5. The molecular weight excluding hydrogens is 522 g/mol. The van der Waals surface area contributed by atoms with Crippen molar-refractivity contribution in [3.63, 3.8) is 0 Å². The summed E-state index contributed by atoms with van der Waals surface area (Å²) in [5.41, 5.74) is 12.9. The first-order chi connectivity index (χ1) is 20.7. The highest BCUT2D eigenvalue weighted by atomic mass is 16.6. The van der Waals surface area contributed by atoms with Crippen LogP contribution in [-0.2, 0) is 6.42 Å². The number of benzene rings is 4. The summed E-state index contributed by atoms with van der Waals surface area (Å²) in [6.07, 6.45) is 4.46. The average molecular weight is 544 g/mol. The van der Waals surface area contributed by atoms with Crippen molar-refractivity contribution >= 4 is 49.6 Å². The van der Waals surface area contributed by atoms with Crippen LogP contribution in [-0.4, -0.2) is 24.0 Å². The van der Waals surface area contributed by atoms with Gasteiger partial charge in [-0.05, 0) is 89.3 Å². The first-order valence-electron chi connectivity index (χ1n) is 13.8. The summed E-state index contributed by atoms with van der Waals surface area (Å²) in [5.74, 6) is 0. The molecule has 0 radical (unpaired) electrons. The van der Waals surface area contributed by atoms with E-state index in [9.17, 15) is 10.1 Å². The van der Waals surface area contributed by atoms with Crippen molar-refractivity contribution < 1.29 is 4.92 Å². The summed E-state index contributed by atoms with van der Waals surface area (Å²) in [6.45, 7) is 0. The molecule has 1 aliphatic carbocycles. The van der Waals surface area contributed by atoms with Crippen LogP contribution in [0, 0.1) is 10.1 Å². The van der Waals surface area contributed by atoms with E-state index in [0.29, 0.717) is 0 Å². The van der Waals surface area contributed by atoms with Crippen molar-refractivity contribution in [3.05, 3.63) is 137 Å². The molecule has 0 amide bonds. The summed E-state index contributed by atoms with van der Waals surface area (Å²) in [7, 11) is 0. The third-order valence-corrected chi connectivity index (χ3v) is 8.52. The first-order valence-corrected chi connectivity index (χ1v) is 13.8. The van der Waals surface area contributed by atoms with Gasteiger partial charge in [-0.3, -0.25) is 20.1 Å². The molecule has 4 heterocycles. The summed E-state index contributed by atoms with van der Waals surface area (Å²) in [5, 5.41) is 13.4. The molecule has 0 N–H and O–H groups in total. The third kappa shape index (κ3) is 3.10. The number of nitro benzene ring substituents is 1. The van der Waals surface area contributed by atoms with Crippen LogP contribution in [0.4, 0.5) is 5.69 Å². The van der Waals surface area contributed by atoms with E-state index in [4.69, 9.17) is 4.98 Å². The molecule has 0 fully saturated rings. The van der Waals surface area contributed by atoms with Crippen LogP contribution in [0.3, 0.4) is 0 Å². The Labute approximate surface area is 239 Å². The second kappa shape index (κ2) is 8.34. The predicted molar refractivity (Wildman–Crippen MR) is 166 cm³/mol. The second-order valence-corrected chi connectivity index (χ2v) is 10.7. The lowest BCUT2D eigenvalue weighted by molar-refractivity contribution is -0.384. The molecule has 0 bridgehead atoms. The molecule has 4 aromatic heterocycles. The van der Waals surface area contributed by atoms with Gasteiger partial charge in [0, 0.05) is 46.7 Å². The number of pyridine rings is 2. The van der Waals surface area contributed by atoms with Crippen LogP contribution >= 0.6 is 0 Å². The minimum Gasteiger partial charge on any atom is -0.308 e. The van der Waals surface area contributed by atoms with Crippen LogP contribution in [0.25, 0.3) is 66.4 Å². The van der Waals surface area contributed by atoms with Crippen LogP contribution in [0.1, 0.15) is 11.1 Å². The minimum atomic E-state index is -0.358. The summed E-state index contributed by atoms with van der Waals surface area (Å²) >= 11 is 0. The number of nitro groups is 1. The molecule has 42 heavy (non-hydrogen) atoms. The zero-order valence-electron chi connectivity index (χ0n) is 22.2. The van der Waals surface area contributed by atoms with E-state index < -0.39 is 0 Å². The third-order valence-electron chi connectivity index (χ3n) is 8.52. The van der Waals surface area contributed by atoms with E-state index in [0.717, 1.165) is 61.7 Å². The Morgan fingerprint density at radius 2 is 1.17 bits per heavy atom. The maximum Gasteiger partial charge on any atom is 0.270 e. The molecule has 8 aromatic rings. The monoisotopic (exact) mass is 543 g/mol. The molecule has 0 saturated carbocycles. The molecule has 7 heteroatoms. The Hall–Kier alpha value is -5.82. The molecule has 0 saturated heterocycles. The number of rotatable bonds is 3. The summed E-state index contributed by atoms with van der Waals surface area (Å²) in [4.78, 5) is 20.5. The molecule has 0 atom stereocenters. The van der Waals surface area contributed by atoms with E-state index in [1.54, 1.807) is 18.3 Å². The largest absolute Gasteiger partial charge is 0.308 e. The highest BCUT2D eigenvalue weighted by Gasteiger charge is 2.23. The average Bonchev–Trinajstić information content (AvgIpc) is 3.67. The lowest BCUT2D eigenvalue weighted by atomic mass is 10.0. The SMILES string of the molecule is O=[N+]([O-])c1ccc2c(c1)c1ncccc1n2-c1ccc2c(c1)-c1cc(-n3c4ccccc4c4ncccc43)ccc1C2. The van der Waals surface area contributed by atoms with Crippen molar-refractivity contribution in [2.75, 3.05) is 0 Å². The van der Waals surface area contributed by atoms with Crippen LogP contribution in [0.5, 0.6) is 0 Å². The van der Waals surface area contributed by atoms with Gasteiger partial charge in [0.1, 0.15) is 0 Å². The highest BCUT2D eigenvalue weighted by molar-refractivity contribution is 6.08. The summed E-state index contributed by atoms with van der Waals surface area (Å²) in [6, 6.07) is 34.8. The molecular formula is C35H21N5O2. The van der Waals surface area contributed by atoms with Gasteiger partial charge in [0.25, 0.3) is 5.69 Å². The molecule has 4 aromatic carbocycles. The zero-order valence-corrected chi connectivity index (χ0v) is 22.2. The molecule has 0 spiro atoms. The first kappa shape index (κ1) is 22.9. The minimum absolute atomic E-state index is 0.0582. The van der Waals surface area contributed by atoms with Gasteiger partial charge >= 0.3 is 0 Å². The molecule has 0 aliphatic heterocycles. The number of para-hydroxylation sites is 1. The Morgan fingerprint density at radius 3 is 1.81 bits per heavy atom. The lowest BCUT2D eigenvalue weighted by Crippen LogP contribution is -1.96. The van der Waals surface area contributed by atoms with Crippen molar-refractivity contribution in [2.24, 2.45) is 0 Å². The molecule has 198 valence electrons. The van der Waals surface area contributed by atoms with E-state index in [1.807, 2.05) is 30.5 Å². The van der Waals surface area contributed by atoms with Crippen LogP contribution in [0.2, 0.25) is 0 Å². The second-order valence-electron chi connectivity index (χ2n) is 10.7. The van der Waals surface area contributed by atoms with Crippen molar-refractivity contribution in [3.8, 4) is 22.5 Å². The molecule has 7 nitrogen and oxygen atoms in total. The van der Waals surface area contributed by atoms with Crippen molar-refractivity contribution in [2.45, 2.75) is 6.42 Å². The zero-order chi connectivity index (χ0) is 27.9. The topological polar surface area (TPSA) is 78.8 Å². The van der Waals surface area contributed by atoms with Gasteiger partial charge in [0.2, 0.25) is 0 Å². The van der Waals surface area contributed by atoms with Crippen molar-refractivity contribution in [1.82, 2.24) is 19.1 Å². The quantitative estimate of drug-likeness (QED) is 0.166. The number of non-ortho nitro benzene ring substituents is 1. The maximum atomic E-state index is 11.5. The fraction of sp³-hybridized carbons (Fsp3) is 0.0286. The molecule has 9 rings (SSSR count). The Bertz CT molecular complexity index is 2380. The fourth-order valence-corrected chi connectivity index (χ4v) is 6.70. The number of hydrogen-bond acceptors (Lipinski definition) is 4. The van der Waals surface area contributed by atoms with Crippen LogP contribution in [0.15, 0.2) is 116 Å². The van der Waals surface area contributed by atoms with Gasteiger partial charge in [-0.25, -0.2) is 0 Å². The Balaban J connectivity index is 1.25. The van der Waals surface area contributed by atoms with Crippen LogP contribution < -0.4 is 0 Å². The fourth-order valence-electron chi connectivity index (χ4n) is 6.70. The normalized spacial score (nSPS) is 12.4. The number of fused-ring (bicyclic) bond motifs is 9. The lowest BCUT2D eigenvalue weighted by Gasteiger charge is -2.12. The van der Waals surface area contributed by atoms with E-state index in [1.165, 1.54) is 22.3 Å². The van der Waals surface area contributed by atoms with Gasteiger partial charge in [-0.2, -0.15) is 0 Å². The van der Waals surface area contributed by atoms with Crippen molar-refractivity contribution in [1.29, 1.82) is 0 Å². The van der Waals surface area contributed by atoms with E-state index in [2.05, 4.69) is 80.8 Å². The van der Waals surface area contributed by atoms with Gasteiger partial charge in [-0.15, -0.1) is 0 Å². The van der Waals surface area contributed by atoms with E-state index in [-0.39, 0.29) is 10.6 Å². The van der Waals surface area contributed by atoms with Gasteiger partial charge in [0.15, 0.2) is 0 Å². The number of aromatic nitrogens is 4. The standard InChI is InChI=1S/C35H21N5O2/c41-40(42)25-13-14-31-29(20-25)35-33(8-4-16-37-35)39(31)24-12-10-22-17-21-9-11-23(18-27(21)28(22)19-24)38-30-6-2-1-5-26(30)34-32(38)7-3-15-36-34/h1-16,18-20H,17H2. The molecule has 1 aliphatic rings. The Kier molecular flexibility index (Phi) is 4.56. The van der Waals surface area contributed by atoms with Gasteiger partial charge < -0.3 is 9.13 Å². The summed E-state index contributed by atoms with van der Waals surface area (Å²) < 4.78 is 4.45. The maximum absolute atomic E-state index is 11.5. The number of hydrogen-bond donors (Lipinski definition) is 0. The predicted octanol–water partition coefficient (Wildman–Crippen LogP) is 8.15. The van der Waals surface area contributed by atoms with Gasteiger partial charge in [-0.1, -0.05) is 30.3 Å². The molecule has 0 unspecified atom stereocenters. The Morgan fingerprint density at radius 1 is 0.595 bits per heavy atom. The van der Waals surface area contributed by atoms with Gasteiger partial charge in [0.05, 0.1) is 38.0 Å². The smallest absolute Gasteiger partial charge is 0.270 e. The van der Waals surface area contributed by atoms with E-state index >= 15 is 0 Å².